The van der Waals surface area contributed by atoms with Crippen LogP contribution in [0.25, 0.3) is 0 Å². The third-order valence-corrected chi connectivity index (χ3v) is 2.49. The maximum atomic E-state index is 11.4. The number of hydrogen-bond acceptors (Lipinski definition) is 4. The zero-order valence-electron chi connectivity index (χ0n) is 11.5. The number of hydrogen-bond donors (Lipinski definition) is 1. The molecule has 1 amide bonds. The van der Waals surface area contributed by atoms with Crippen LogP contribution in [0.4, 0.5) is 0 Å². The third-order valence-electron chi connectivity index (χ3n) is 2.49. The molecule has 0 atom stereocenters. The zero-order valence-corrected chi connectivity index (χ0v) is 11.5. The van der Waals surface area contributed by atoms with Gasteiger partial charge in [0.15, 0.2) is 0 Å². The normalized spacial score (nSPS) is 10.2. The molecule has 0 saturated heterocycles. The van der Waals surface area contributed by atoms with Gasteiger partial charge in [-0.05, 0) is 26.1 Å². The summed E-state index contributed by atoms with van der Waals surface area (Å²) < 4.78 is 5.62. The van der Waals surface area contributed by atoms with Crippen LogP contribution in [0.2, 0.25) is 0 Å². The Morgan fingerprint density at radius 3 is 2.78 bits per heavy atom. The molecule has 0 fully saturated rings. The molecule has 0 aliphatic carbocycles. The molecule has 100 valence electrons. The number of carbonyl (C=O) groups excluding carboxylic acids is 1. The van der Waals surface area contributed by atoms with Gasteiger partial charge in [-0.2, -0.15) is 0 Å². The fraction of sp³-hybridized carbons (Fsp3) is 0.538. The van der Waals surface area contributed by atoms with Crippen molar-refractivity contribution in [2.45, 2.75) is 19.9 Å². The van der Waals surface area contributed by atoms with E-state index in [-0.39, 0.29) is 5.91 Å². The second-order valence-electron chi connectivity index (χ2n) is 4.31. The molecule has 1 rings (SSSR count). The van der Waals surface area contributed by atoms with Crippen LogP contribution in [0.3, 0.4) is 0 Å². The standard InChI is InChI=1S/C13H21N3O2/c1-10-5-6-12(11(15-10)9-14-2)18-8-7-13(17)16(3)4/h5-6,14H,7-9H2,1-4H3. The molecule has 0 aromatic carbocycles. The summed E-state index contributed by atoms with van der Waals surface area (Å²) in [4.78, 5) is 17.4. The van der Waals surface area contributed by atoms with Gasteiger partial charge in [0.1, 0.15) is 5.75 Å². The molecule has 1 heterocycles. The number of aryl methyl sites for hydroxylation is 1. The maximum absolute atomic E-state index is 11.4. The van der Waals surface area contributed by atoms with E-state index in [0.29, 0.717) is 19.6 Å². The monoisotopic (exact) mass is 251 g/mol. The van der Waals surface area contributed by atoms with Gasteiger partial charge in [-0.3, -0.25) is 9.78 Å². The molecule has 5 nitrogen and oxygen atoms in total. The summed E-state index contributed by atoms with van der Waals surface area (Å²) in [6.07, 6.45) is 0.375. The first-order chi connectivity index (χ1) is 8.54. The van der Waals surface area contributed by atoms with Crippen LogP contribution < -0.4 is 10.1 Å². The van der Waals surface area contributed by atoms with Gasteiger partial charge in [0, 0.05) is 26.3 Å². The highest BCUT2D eigenvalue weighted by molar-refractivity contribution is 5.75. The van der Waals surface area contributed by atoms with Crippen molar-refractivity contribution >= 4 is 5.91 Å². The molecular weight excluding hydrogens is 230 g/mol. The molecule has 1 aromatic rings. The summed E-state index contributed by atoms with van der Waals surface area (Å²) in [5.74, 6) is 0.798. The van der Waals surface area contributed by atoms with Crippen molar-refractivity contribution in [1.82, 2.24) is 15.2 Å². The molecule has 1 aromatic heterocycles. The summed E-state index contributed by atoms with van der Waals surface area (Å²) in [6, 6.07) is 3.80. The van der Waals surface area contributed by atoms with E-state index in [4.69, 9.17) is 4.74 Å². The lowest BCUT2D eigenvalue weighted by atomic mass is 10.3. The summed E-state index contributed by atoms with van der Waals surface area (Å²) in [5.41, 5.74) is 1.83. The minimum atomic E-state index is 0.0604. The molecule has 0 radical (unpaired) electrons. The lowest BCUT2D eigenvalue weighted by Gasteiger charge is -2.13. The van der Waals surface area contributed by atoms with Gasteiger partial charge < -0.3 is 15.0 Å². The first-order valence-corrected chi connectivity index (χ1v) is 5.98. The van der Waals surface area contributed by atoms with E-state index >= 15 is 0 Å². The molecule has 5 heteroatoms. The van der Waals surface area contributed by atoms with Gasteiger partial charge in [-0.25, -0.2) is 0 Å². The van der Waals surface area contributed by atoms with Crippen molar-refractivity contribution in [3.63, 3.8) is 0 Å². The van der Waals surface area contributed by atoms with Crippen LogP contribution in [-0.4, -0.2) is 43.5 Å². The Morgan fingerprint density at radius 2 is 2.17 bits per heavy atom. The van der Waals surface area contributed by atoms with Crippen molar-refractivity contribution in [3.8, 4) is 5.75 Å². The Hall–Kier alpha value is -1.62. The molecule has 18 heavy (non-hydrogen) atoms. The number of nitrogens with zero attached hydrogens (tertiary/aromatic N) is 2. The third kappa shape index (κ3) is 4.33. The van der Waals surface area contributed by atoms with E-state index in [9.17, 15) is 4.79 Å². The van der Waals surface area contributed by atoms with Gasteiger partial charge in [0.25, 0.3) is 0 Å². The van der Waals surface area contributed by atoms with Crippen LogP contribution in [0.1, 0.15) is 17.8 Å². The minimum Gasteiger partial charge on any atom is -0.491 e. The Bertz CT molecular complexity index is 405. The van der Waals surface area contributed by atoms with E-state index in [1.165, 1.54) is 0 Å². The van der Waals surface area contributed by atoms with Crippen LogP contribution in [0.5, 0.6) is 5.75 Å². The average molecular weight is 251 g/mol. The molecule has 0 aliphatic rings. The maximum Gasteiger partial charge on any atom is 0.225 e. The number of carbonyl (C=O) groups is 1. The summed E-state index contributed by atoms with van der Waals surface area (Å²) in [5, 5.41) is 3.05. The Labute approximate surface area is 108 Å². The molecule has 1 N–H and O–H groups in total. The van der Waals surface area contributed by atoms with Crippen LogP contribution in [0, 0.1) is 6.92 Å². The Balaban J connectivity index is 2.58. The SMILES string of the molecule is CNCc1nc(C)ccc1OCCC(=O)N(C)C. The minimum absolute atomic E-state index is 0.0604. The van der Waals surface area contributed by atoms with Gasteiger partial charge >= 0.3 is 0 Å². The molecular formula is C13H21N3O2. The van der Waals surface area contributed by atoms with Crippen LogP contribution in [-0.2, 0) is 11.3 Å². The topological polar surface area (TPSA) is 54.5 Å². The predicted octanol–water partition coefficient (Wildman–Crippen LogP) is 0.967. The van der Waals surface area contributed by atoms with Crippen LogP contribution >= 0.6 is 0 Å². The van der Waals surface area contributed by atoms with Crippen molar-refractivity contribution in [1.29, 1.82) is 0 Å². The lowest BCUT2D eigenvalue weighted by Crippen LogP contribution is -2.23. The van der Waals surface area contributed by atoms with Gasteiger partial charge in [-0.1, -0.05) is 0 Å². The van der Waals surface area contributed by atoms with Crippen molar-refractivity contribution < 1.29 is 9.53 Å². The molecule has 0 saturated carbocycles. The molecule has 0 bridgehead atoms. The molecule has 0 aliphatic heterocycles. The van der Waals surface area contributed by atoms with E-state index in [2.05, 4.69) is 10.3 Å². The van der Waals surface area contributed by atoms with Crippen molar-refractivity contribution in [2.75, 3.05) is 27.7 Å². The van der Waals surface area contributed by atoms with Crippen molar-refractivity contribution in [3.05, 3.63) is 23.5 Å². The zero-order chi connectivity index (χ0) is 13.5. The van der Waals surface area contributed by atoms with Crippen molar-refractivity contribution in [2.24, 2.45) is 0 Å². The fourth-order valence-electron chi connectivity index (χ4n) is 1.50. The number of amides is 1. The largest absolute Gasteiger partial charge is 0.491 e. The fourth-order valence-corrected chi connectivity index (χ4v) is 1.50. The van der Waals surface area contributed by atoms with E-state index in [0.717, 1.165) is 17.1 Å². The number of rotatable bonds is 6. The van der Waals surface area contributed by atoms with Crippen LogP contribution in [0.15, 0.2) is 12.1 Å². The molecule has 0 unspecified atom stereocenters. The number of aromatic nitrogens is 1. The highest BCUT2D eigenvalue weighted by Gasteiger charge is 2.07. The summed E-state index contributed by atoms with van der Waals surface area (Å²) in [7, 11) is 5.34. The highest BCUT2D eigenvalue weighted by atomic mass is 16.5. The van der Waals surface area contributed by atoms with E-state index in [1.54, 1.807) is 19.0 Å². The smallest absolute Gasteiger partial charge is 0.225 e. The summed E-state index contributed by atoms with van der Waals surface area (Å²) in [6.45, 7) is 2.97. The Kier molecular flexibility index (Phi) is 5.58. The molecule has 0 spiro atoms. The second kappa shape index (κ2) is 6.96. The summed E-state index contributed by atoms with van der Waals surface area (Å²) >= 11 is 0. The van der Waals surface area contributed by atoms with Gasteiger partial charge in [0.2, 0.25) is 5.91 Å². The van der Waals surface area contributed by atoms with E-state index in [1.807, 2.05) is 26.1 Å². The Morgan fingerprint density at radius 1 is 1.44 bits per heavy atom. The van der Waals surface area contributed by atoms with Gasteiger partial charge in [0.05, 0.1) is 18.7 Å². The second-order valence-corrected chi connectivity index (χ2v) is 4.31. The highest BCUT2D eigenvalue weighted by Crippen LogP contribution is 2.17. The number of nitrogens with one attached hydrogen (secondary N) is 1. The number of ether oxygens (including phenoxy) is 1. The van der Waals surface area contributed by atoms with Gasteiger partial charge in [-0.15, -0.1) is 0 Å². The van der Waals surface area contributed by atoms with E-state index < -0.39 is 0 Å². The average Bonchev–Trinajstić information content (AvgIpc) is 2.32. The first-order valence-electron chi connectivity index (χ1n) is 5.98. The quantitative estimate of drug-likeness (QED) is 0.818. The lowest BCUT2D eigenvalue weighted by molar-refractivity contribution is -0.129. The first kappa shape index (κ1) is 14.4. The number of pyridine rings is 1. The predicted molar refractivity (Wildman–Crippen MR) is 70.5 cm³/mol.